The first-order valence-corrected chi connectivity index (χ1v) is 21.7. The molecule has 11 aromatic rings. The Morgan fingerprint density at radius 3 is 1.35 bits per heavy atom. The predicted molar refractivity (Wildman–Crippen MR) is 262 cm³/mol. The Labute approximate surface area is 365 Å². The van der Waals surface area contributed by atoms with E-state index >= 15 is 0 Å². The summed E-state index contributed by atoms with van der Waals surface area (Å²) in [5.41, 5.74) is 15.3. The highest BCUT2D eigenvalue weighted by Gasteiger charge is 2.20. The molecule has 9 aromatic carbocycles. The number of para-hydroxylation sites is 1. The summed E-state index contributed by atoms with van der Waals surface area (Å²) in [6.45, 7) is 0. The number of thiophene rings is 1. The standard InChI is InChI=1S/C58H39N3S/c1-5-16-40(17-6-1)41-28-30-42(31-29-41)43-32-34-47(35-33-43)61(46-22-11-4-12-23-46)48-36-37-52-56(38-48)62-55-27-15-26-50(57(52)55)49-24-13-14-25-51(49)58-59-53(44-18-7-2-8-19-44)39-54(60-58)45-20-9-3-10-21-45/h1-39H. The molecular weight excluding hydrogens is 771 g/mol. The number of aromatic nitrogens is 2. The fourth-order valence-electron chi connectivity index (χ4n) is 8.49. The van der Waals surface area contributed by atoms with E-state index in [1.165, 1.54) is 48.0 Å². The first-order valence-electron chi connectivity index (χ1n) is 20.9. The maximum Gasteiger partial charge on any atom is 0.161 e. The van der Waals surface area contributed by atoms with Crippen molar-refractivity contribution in [2.45, 2.75) is 0 Å². The lowest BCUT2D eigenvalue weighted by atomic mass is 9.94. The Balaban J connectivity index is 0.986. The maximum atomic E-state index is 5.23. The average Bonchev–Trinajstić information content (AvgIpc) is 3.74. The summed E-state index contributed by atoms with van der Waals surface area (Å²) in [6, 6.07) is 83.9. The van der Waals surface area contributed by atoms with Crippen molar-refractivity contribution in [3.05, 3.63) is 237 Å². The molecule has 3 nitrogen and oxygen atoms in total. The van der Waals surface area contributed by atoms with Crippen LogP contribution in [0.4, 0.5) is 17.1 Å². The van der Waals surface area contributed by atoms with Gasteiger partial charge in [0, 0.05) is 53.9 Å². The lowest BCUT2D eigenvalue weighted by Gasteiger charge is -2.25. The number of nitrogens with zero attached hydrogens (tertiary/aromatic N) is 3. The minimum absolute atomic E-state index is 0.702. The molecule has 0 aliphatic heterocycles. The van der Waals surface area contributed by atoms with Gasteiger partial charge in [-0.05, 0) is 81.9 Å². The fourth-order valence-corrected chi connectivity index (χ4v) is 9.65. The van der Waals surface area contributed by atoms with Gasteiger partial charge in [-0.2, -0.15) is 0 Å². The zero-order valence-corrected chi connectivity index (χ0v) is 34.6. The second kappa shape index (κ2) is 16.3. The van der Waals surface area contributed by atoms with Crippen LogP contribution >= 0.6 is 11.3 Å². The molecule has 11 rings (SSSR count). The first kappa shape index (κ1) is 37.1. The highest BCUT2D eigenvalue weighted by molar-refractivity contribution is 7.26. The zero-order chi connectivity index (χ0) is 41.2. The molecule has 2 heterocycles. The molecule has 0 bridgehead atoms. The maximum absolute atomic E-state index is 5.23. The summed E-state index contributed by atoms with van der Waals surface area (Å²) in [7, 11) is 0. The van der Waals surface area contributed by atoms with Crippen LogP contribution in [0.3, 0.4) is 0 Å². The normalized spacial score (nSPS) is 11.2. The van der Waals surface area contributed by atoms with Crippen LogP contribution in [0.15, 0.2) is 237 Å². The summed E-state index contributed by atoms with van der Waals surface area (Å²) in [6.07, 6.45) is 0. The summed E-state index contributed by atoms with van der Waals surface area (Å²) >= 11 is 1.83. The van der Waals surface area contributed by atoms with Gasteiger partial charge in [0.1, 0.15) is 0 Å². The van der Waals surface area contributed by atoms with Gasteiger partial charge < -0.3 is 4.90 Å². The number of anilines is 3. The van der Waals surface area contributed by atoms with Crippen LogP contribution in [0.5, 0.6) is 0 Å². The van der Waals surface area contributed by atoms with Gasteiger partial charge in [-0.1, -0.05) is 188 Å². The second-order valence-electron chi connectivity index (χ2n) is 15.4. The molecule has 0 aliphatic carbocycles. The van der Waals surface area contributed by atoms with E-state index in [9.17, 15) is 0 Å². The predicted octanol–water partition coefficient (Wildman–Crippen LogP) is 16.3. The molecule has 0 radical (unpaired) electrons. The van der Waals surface area contributed by atoms with Crippen LogP contribution < -0.4 is 4.90 Å². The molecule has 0 saturated carbocycles. The number of hydrogen-bond donors (Lipinski definition) is 0. The number of fused-ring (bicyclic) bond motifs is 3. The van der Waals surface area contributed by atoms with Crippen molar-refractivity contribution in [2.75, 3.05) is 4.90 Å². The van der Waals surface area contributed by atoms with Crippen LogP contribution in [0.1, 0.15) is 0 Å². The van der Waals surface area contributed by atoms with Gasteiger partial charge in [0.2, 0.25) is 0 Å². The topological polar surface area (TPSA) is 29.0 Å². The van der Waals surface area contributed by atoms with E-state index in [2.05, 4.69) is 229 Å². The second-order valence-corrected chi connectivity index (χ2v) is 16.4. The minimum atomic E-state index is 0.702. The van der Waals surface area contributed by atoms with E-state index in [0.29, 0.717) is 5.82 Å². The Bertz CT molecular complexity index is 3250. The smallest absolute Gasteiger partial charge is 0.161 e. The SMILES string of the molecule is c1ccc(-c2ccc(-c3ccc(N(c4ccccc4)c4ccc5c(c4)sc4cccc(-c6ccccc6-c6nc(-c7ccccc7)cc(-c7ccccc7)n6)c45)cc3)cc2)cc1. The molecule has 0 saturated heterocycles. The van der Waals surface area contributed by atoms with Gasteiger partial charge in [-0.3, -0.25) is 0 Å². The Morgan fingerprint density at radius 1 is 0.306 bits per heavy atom. The third kappa shape index (κ3) is 7.13. The molecular formula is C58H39N3S. The highest BCUT2D eigenvalue weighted by Crippen LogP contribution is 2.45. The van der Waals surface area contributed by atoms with Gasteiger partial charge >= 0.3 is 0 Å². The van der Waals surface area contributed by atoms with Crippen molar-refractivity contribution in [3.8, 4) is 67.3 Å². The van der Waals surface area contributed by atoms with Crippen molar-refractivity contribution < 1.29 is 0 Å². The van der Waals surface area contributed by atoms with E-state index < -0.39 is 0 Å². The van der Waals surface area contributed by atoms with Gasteiger partial charge in [-0.15, -0.1) is 11.3 Å². The molecule has 0 amide bonds. The monoisotopic (exact) mass is 809 g/mol. The van der Waals surface area contributed by atoms with E-state index in [1.807, 2.05) is 23.5 Å². The van der Waals surface area contributed by atoms with Gasteiger partial charge in [0.25, 0.3) is 0 Å². The molecule has 2 aromatic heterocycles. The minimum Gasteiger partial charge on any atom is -0.310 e. The van der Waals surface area contributed by atoms with Crippen molar-refractivity contribution in [1.82, 2.24) is 9.97 Å². The molecule has 0 unspecified atom stereocenters. The molecule has 62 heavy (non-hydrogen) atoms. The summed E-state index contributed by atoms with van der Waals surface area (Å²) < 4.78 is 2.47. The first-order chi connectivity index (χ1) is 30.7. The van der Waals surface area contributed by atoms with E-state index in [4.69, 9.17) is 9.97 Å². The summed E-state index contributed by atoms with van der Waals surface area (Å²) in [4.78, 5) is 12.8. The molecule has 0 N–H and O–H groups in total. The third-order valence-electron chi connectivity index (χ3n) is 11.5. The van der Waals surface area contributed by atoms with Crippen LogP contribution in [0.2, 0.25) is 0 Å². The fraction of sp³-hybridized carbons (Fsp3) is 0. The average molecular weight is 810 g/mol. The van der Waals surface area contributed by atoms with Crippen LogP contribution in [0, 0.1) is 0 Å². The van der Waals surface area contributed by atoms with Crippen molar-refractivity contribution >= 4 is 48.6 Å². The summed E-state index contributed by atoms with van der Waals surface area (Å²) in [5.74, 6) is 0.702. The highest BCUT2D eigenvalue weighted by atomic mass is 32.1. The lowest BCUT2D eigenvalue weighted by molar-refractivity contribution is 1.18. The van der Waals surface area contributed by atoms with Crippen molar-refractivity contribution in [2.24, 2.45) is 0 Å². The quantitative estimate of drug-likeness (QED) is 0.145. The molecule has 4 heteroatoms. The lowest BCUT2D eigenvalue weighted by Crippen LogP contribution is -2.09. The molecule has 0 fully saturated rings. The van der Waals surface area contributed by atoms with Gasteiger partial charge in [0.05, 0.1) is 11.4 Å². The molecule has 0 atom stereocenters. The van der Waals surface area contributed by atoms with E-state index in [-0.39, 0.29) is 0 Å². The van der Waals surface area contributed by atoms with Crippen LogP contribution in [-0.4, -0.2) is 9.97 Å². The summed E-state index contributed by atoms with van der Waals surface area (Å²) in [5, 5.41) is 2.47. The van der Waals surface area contributed by atoms with Gasteiger partial charge in [-0.25, -0.2) is 9.97 Å². The van der Waals surface area contributed by atoms with Crippen LogP contribution in [0.25, 0.3) is 87.5 Å². The Hall–Kier alpha value is -7.92. The van der Waals surface area contributed by atoms with E-state index in [1.54, 1.807) is 0 Å². The number of hydrogen-bond acceptors (Lipinski definition) is 4. The van der Waals surface area contributed by atoms with Gasteiger partial charge in [0.15, 0.2) is 5.82 Å². The molecule has 292 valence electrons. The molecule has 0 spiro atoms. The third-order valence-corrected chi connectivity index (χ3v) is 12.6. The van der Waals surface area contributed by atoms with Crippen molar-refractivity contribution in [3.63, 3.8) is 0 Å². The van der Waals surface area contributed by atoms with Crippen molar-refractivity contribution in [1.29, 1.82) is 0 Å². The Kier molecular flexibility index (Phi) is 9.74. The zero-order valence-electron chi connectivity index (χ0n) is 33.8. The van der Waals surface area contributed by atoms with E-state index in [0.717, 1.165) is 50.7 Å². The largest absolute Gasteiger partial charge is 0.310 e. The number of rotatable bonds is 9. The Morgan fingerprint density at radius 2 is 0.758 bits per heavy atom. The molecule has 0 aliphatic rings. The van der Waals surface area contributed by atoms with Crippen LogP contribution in [-0.2, 0) is 0 Å². The number of benzene rings is 9.